The molecule has 0 atom stereocenters. The molecule has 0 amide bonds. The quantitative estimate of drug-likeness (QED) is 0.354. The van der Waals surface area contributed by atoms with Crippen molar-refractivity contribution in [2.24, 2.45) is 0 Å². The summed E-state index contributed by atoms with van der Waals surface area (Å²) in [5.41, 5.74) is 1.33. The lowest BCUT2D eigenvalue weighted by molar-refractivity contribution is 0.0563. The van der Waals surface area contributed by atoms with Crippen molar-refractivity contribution in [3.63, 3.8) is 0 Å². The van der Waals surface area contributed by atoms with Crippen molar-refractivity contribution in [1.82, 2.24) is 14.9 Å². The Balaban J connectivity index is 1.56. The van der Waals surface area contributed by atoms with Gasteiger partial charge in [-0.15, -0.1) is 10.2 Å². The van der Waals surface area contributed by atoms with Gasteiger partial charge in [0, 0.05) is 0 Å². The monoisotopic (exact) mass is 416 g/mol. The highest BCUT2D eigenvalue weighted by Gasteiger charge is 2.15. The van der Waals surface area contributed by atoms with E-state index in [4.69, 9.17) is 15.0 Å². The zero-order valence-electron chi connectivity index (χ0n) is 16.8. The zero-order valence-corrected chi connectivity index (χ0v) is 17.7. The summed E-state index contributed by atoms with van der Waals surface area (Å²) in [6, 6.07) is 11.2. The molecule has 3 aromatic rings. The number of hydrogen-bond donors (Lipinski definition) is 1. The Bertz CT molecular complexity index is 973. The number of carbonyl (C=O) groups is 1. The molecule has 154 valence electrons. The molecule has 2 heterocycles. The van der Waals surface area contributed by atoms with Crippen LogP contribution in [0.5, 0.6) is 5.75 Å². The first-order chi connectivity index (χ1) is 13.8. The van der Waals surface area contributed by atoms with E-state index in [1.807, 2.05) is 12.1 Å². The lowest BCUT2D eigenvalue weighted by Gasteiger charge is -2.19. The summed E-state index contributed by atoms with van der Waals surface area (Å²) in [6.45, 7) is 6.69. The van der Waals surface area contributed by atoms with E-state index >= 15 is 0 Å². The van der Waals surface area contributed by atoms with E-state index in [0.717, 1.165) is 5.75 Å². The van der Waals surface area contributed by atoms with Crippen LogP contribution in [-0.4, -0.2) is 28.0 Å². The van der Waals surface area contributed by atoms with Gasteiger partial charge in [-0.3, -0.25) is 0 Å². The standard InChI is InChI=1S/C20H24N4O4S/c1-20(2,3)13-5-7-14(8-6-13)27-11-17-22-23-19(24(17)21)29-12-15-9-10-16(28-15)18(25)26-4/h5-10H,11-12,21H2,1-4H3. The van der Waals surface area contributed by atoms with Gasteiger partial charge in [0.05, 0.1) is 12.9 Å². The first-order valence-electron chi connectivity index (χ1n) is 9.00. The molecule has 0 spiro atoms. The van der Waals surface area contributed by atoms with Crippen LogP contribution in [0.3, 0.4) is 0 Å². The lowest BCUT2D eigenvalue weighted by atomic mass is 9.87. The first kappa shape index (κ1) is 20.8. The van der Waals surface area contributed by atoms with Gasteiger partial charge in [-0.2, -0.15) is 0 Å². The van der Waals surface area contributed by atoms with Gasteiger partial charge < -0.3 is 19.7 Å². The van der Waals surface area contributed by atoms with Crippen LogP contribution in [0.15, 0.2) is 46.0 Å². The molecule has 29 heavy (non-hydrogen) atoms. The van der Waals surface area contributed by atoms with Crippen molar-refractivity contribution in [2.45, 2.75) is 43.7 Å². The molecule has 0 fully saturated rings. The van der Waals surface area contributed by atoms with E-state index in [0.29, 0.717) is 22.5 Å². The summed E-state index contributed by atoms with van der Waals surface area (Å²) < 4.78 is 17.2. The molecule has 0 aliphatic carbocycles. The molecular weight excluding hydrogens is 392 g/mol. The molecule has 0 saturated carbocycles. The van der Waals surface area contributed by atoms with Crippen molar-refractivity contribution in [1.29, 1.82) is 0 Å². The Labute approximate surface area is 173 Å². The number of hydrogen-bond acceptors (Lipinski definition) is 8. The summed E-state index contributed by atoms with van der Waals surface area (Å²) in [4.78, 5) is 11.4. The number of ether oxygens (including phenoxy) is 2. The summed E-state index contributed by atoms with van der Waals surface area (Å²) in [7, 11) is 1.30. The van der Waals surface area contributed by atoms with Gasteiger partial charge in [0.2, 0.25) is 10.9 Å². The summed E-state index contributed by atoms with van der Waals surface area (Å²) in [5, 5.41) is 8.69. The van der Waals surface area contributed by atoms with Crippen molar-refractivity contribution in [3.05, 3.63) is 59.3 Å². The Morgan fingerprint density at radius 1 is 1.17 bits per heavy atom. The molecule has 3 rings (SSSR count). The first-order valence-corrected chi connectivity index (χ1v) is 9.99. The minimum atomic E-state index is -0.516. The summed E-state index contributed by atoms with van der Waals surface area (Å²) >= 11 is 1.34. The highest BCUT2D eigenvalue weighted by Crippen LogP contribution is 2.25. The van der Waals surface area contributed by atoms with E-state index in [1.165, 1.54) is 29.1 Å². The highest BCUT2D eigenvalue weighted by molar-refractivity contribution is 7.98. The van der Waals surface area contributed by atoms with Gasteiger partial charge in [0.1, 0.15) is 18.1 Å². The maximum atomic E-state index is 11.4. The molecule has 2 N–H and O–H groups in total. The van der Waals surface area contributed by atoms with Crippen LogP contribution in [0.2, 0.25) is 0 Å². The number of furan rings is 1. The molecule has 0 aliphatic heterocycles. The smallest absolute Gasteiger partial charge is 0.373 e. The van der Waals surface area contributed by atoms with E-state index in [1.54, 1.807) is 12.1 Å². The third-order valence-corrected chi connectivity index (χ3v) is 5.18. The number of rotatable bonds is 7. The van der Waals surface area contributed by atoms with Crippen molar-refractivity contribution in [3.8, 4) is 5.75 Å². The minimum absolute atomic E-state index is 0.0910. The second-order valence-corrected chi connectivity index (χ2v) is 8.32. The largest absolute Gasteiger partial charge is 0.486 e. The van der Waals surface area contributed by atoms with Crippen molar-refractivity contribution >= 4 is 17.7 Å². The molecule has 0 saturated heterocycles. The molecular formula is C20H24N4O4S. The Hall–Kier alpha value is -2.94. The molecule has 0 unspecified atom stereocenters. The predicted molar refractivity (Wildman–Crippen MR) is 109 cm³/mol. The van der Waals surface area contributed by atoms with Crippen LogP contribution in [0, 0.1) is 0 Å². The number of thioether (sulfide) groups is 1. The van der Waals surface area contributed by atoms with Crippen LogP contribution in [-0.2, 0) is 22.5 Å². The third-order valence-electron chi connectivity index (χ3n) is 4.22. The minimum Gasteiger partial charge on any atom is -0.486 e. The molecule has 8 nitrogen and oxygen atoms in total. The van der Waals surface area contributed by atoms with E-state index in [-0.39, 0.29) is 17.8 Å². The van der Waals surface area contributed by atoms with E-state index in [9.17, 15) is 4.79 Å². The normalized spacial score (nSPS) is 11.4. The molecule has 0 aliphatic rings. The Morgan fingerprint density at radius 2 is 1.90 bits per heavy atom. The number of methoxy groups -OCH3 is 1. The number of nitrogens with zero attached hydrogens (tertiary/aromatic N) is 3. The summed E-state index contributed by atoms with van der Waals surface area (Å²) in [6.07, 6.45) is 0. The number of nitrogens with two attached hydrogens (primary N) is 1. The van der Waals surface area contributed by atoms with Gasteiger partial charge in [-0.05, 0) is 35.2 Å². The topological polar surface area (TPSA) is 105 Å². The maximum absolute atomic E-state index is 11.4. The Kier molecular flexibility index (Phi) is 6.17. The van der Waals surface area contributed by atoms with Crippen molar-refractivity contribution in [2.75, 3.05) is 13.0 Å². The Morgan fingerprint density at radius 3 is 2.55 bits per heavy atom. The van der Waals surface area contributed by atoms with Gasteiger partial charge in [-0.25, -0.2) is 9.47 Å². The summed E-state index contributed by atoms with van der Waals surface area (Å²) in [5.74, 6) is 8.01. The number of esters is 1. The highest BCUT2D eigenvalue weighted by atomic mass is 32.2. The zero-order chi connectivity index (χ0) is 21.0. The van der Waals surface area contributed by atoms with E-state index in [2.05, 4.69) is 47.8 Å². The molecule has 0 bridgehead atoms. The SMILES string of the molecule is COC(=O)c1ccc(CSc2nnc(COc3ccc(C(C)(C)C)cc3)n2N)o1. The van der Waals surface area contributed by atoms with Crippen LogP contribution in [0.4, 0.5) is 0 Å². The van der Waals surface area contributed by atoms with Gasteiger partial charge in [-0.1, -0.05) is 44.7 Å². The van der Waals surface area contributed by atoms with Crippen LogP contribution in [0.1, 0.15) is 48.5 Å². The fraction of sp³-hybridized carbons (Fsp3) is 0.350. The van der Waals surface area contributed by atoms with Crippen LogP contribution in [0.25, 0.3) is 0 Å². The maximum Gasteiger partial charge on any atom is 0.373 e. The fourth-order valence-electron chi connectivity index (χ4n) is 2.50. The average Bonchev–Trinajstić information content (AvgIpc) is 3.30. The van der Waals surface area contributed by atoms with Crippen LogP contribution < -0.4 is 10.6 Å². The second kappa shape index (κ2) is 8.60. The lowest BCUT2D eigenvalue weighted by Crippen LogP contribution is -2.16. The molecule has 1 aromatic carbocycles. The average molecular weight is 417 g/mol. The molecule has 0 radical (unpaired) electrons. The second-order valence-electron chi connectivity index (χ2n) is 7.38. The number of carbonyl (C=O) groups excluding carboxylic acids is 1. The number of nitrogen functional groups attached to an aromatic ring is 1. The molecule has 9 heteroatoms. The predicted octanol–water partition coefficient (Wildman–Crippen LogP) is 3.54. The van der Waals surface area contributed by atoms with Crippen LogP contribution >= 0.6 is 11.8 Å². The van der Waals surface area contributed by atoms with Gasteiger partial charge in [0.25, 0.3) is 0 Å². The van der Waals surface area contributed by atoms with Gasteiger partial charge >= 0.3 is 5.97 Å². The van der Waals surface area contributed by atoms with Gasteiger partial charge in [0.15, 0.2) is 5.82 Å². The van der Waals surface area contributed by atoms with Crippen molar-refractivity contribution < 1.29 is 18.7 Å². The fourth-order valence-corrected chi connectivity index (χ4v) is 3.27. The number of aromatic nitrogens is 3. The van der Waals surface area contributed by atoms with E-state index < -0.39 is 5.97 Å². The third kappa shape index (κ3) is 5.11. The molecule has 2 aromatic heterocycles. The number of benzene rings is 1.